The van der Waals surface area contributed by atoms with Gasteiger partial charge in [0.2, 0.25) is 5.91 Å². The van der Waals surface area contributed by atoms with Crippen LogP contribution in [-0.2, 0) is 17.8 Å². The molecule has 0 fully saturated rings. The van der Waals surface area contributed by atoms with Crippen molar-refractivity contribution >= 4 is 17.2 Å². The van der Waals surface area contributed by atoms with E-state index in [0.29, 0.717) is 13.0 Å². The van der Waals surface area contributed by atoms with Crippen molar-refractivity contribution in [3.63, 3.8) is 0 Å². The summed E-state index contributed by atoms with van der Waals surface area (Å²) in [4.78, 5) is 17.1. The number of nitrogens with one attached hydrogen (secondary N) is 1. The summed E-state index contributed by atoms with van der Waals surface area (Å²) in [5, 5.41) is 3.78. The number of aryl methyl sites for hydroxylation is 1. The van der Waals surface area contributed by atoms with Crippen LogP contribution < -0.4 is 5.32 Å². The fraction of sp³-hybridized carbons (Fsp3) is 0.375. The Kier molecular flexibility index (Phi) is 5.44. The number of amides is 1. The summed E-state index contributed by atoms with van der Waals surface area (Å²) in [6, 6.07) is 6.52. The summed E-state index contributed by atoms with van der Waals surface area (Å²) in [7, 11) is 0. The Labute approximate surface area is 128 Å². The maximum absolute atomic E-state index is 12.9. The first-order valence-electron chi connectivity index (χ1n) is 7.04. The van der Waals surface area contributed by atoms with E-state index in [1.54, 1.807) is 23.5 Å². The summed E-state index contributed by atoms with van der Waals surface area (Å²) < 4.78 is 12.9. The van der Waals surface area contributed by atoms with Crippen molar-refractivity contribution in [1.82, 2.24) is 10.3 Å². The van der Waals surface area contributed by atoms with Gasteiger partial charge < -0.3 is 5.32 Å². The molecule has 1 N–H and O–H groups in total. The summed E-state index contributed by atoms with van der Waals surface area (Å²) in [6.07, 6.45) is 2.14. The average molecular weight is 306 g/mol. The lowest BCUT2D eigenvalue weighted by Gasteiger charge is -2.00. The molecule has 2 rings (SSSR count). The van der Waals surface area contributed by atoms with Gasteiger partial charge in [0.15, 0.2) is 0 Å². The van der Waals surface area contributed by atoms with Gasteiger partial charge in [-0.3, -0.25) is 4.79 Å². The van der Waals surface area contributed by atoms with Crippen LogP contribution in [0.2, 0.25) is 0 Å². The van der Waals surface area contributed by atoms with Gasteiger partial charge in [-0.2, -0.15) is 0 Å². The lowest BCUT2D eigenvalue weighted by molar-refractivity contribution is -0.121. The van der Waals surface area contributed by atoms with Crippen LogP contribution in [0.15, 0.2) is 24.3 Å². The van der Waals surface area contributed by atoms with Crippen molar-refractivity contribution in [2.75, 3.05) is 0 Å². The predicted octanol–water partition coefficient (Wildman–Crippen LogP) is 3.60. The predicted molar refractivity (Wildman–Crippen MR) is 82.8 cm³/mol. The topological polar surface area (TPSA) is 42.0 Å². The molecule has 0 saturated heterocycles. The maximum atomic E-state index is 12.9. The normalized spacial score (nSPS) is 10.6. The average Bonchev–Trinajstić information content (AvgIpc) is 2.80. The van der Waals surface area contributed by atoms with Crippen LogP contribution in [0.1, 0.15) is 40.9 Å². The molecular weight excluding hydrogens is 287 g/mol. The number of carbonyl (C=O) groups is 1. The quantitative estimate of drug-likeness (QED) is 0.886. The molecule has 0 atom stereocenters. The minimum absolute atomic E-state index is 0.0606. The highest BCUT2D eigenvalue weighted by atomic mass is 32.1. The van der Waals surface area contributed by atoms with E-state index in [0.717, 1.165) is 34.0 Å². The smallest absolute Gasteiger partial charge is 0.220 e. The molecule has 0 radical (unpaired) electrons. The van der Waals surface area contributed by atoms with E-state index in [1.807, 2.05) is 13.8 Å². The maximum Gasteiger partial charge on any atom is 0.220 e. The molecule has 3 nitrogen and oxygen atoms in total. The van der Waals surface area contributed by atoms with Crippen LogP contribution >= 0.6 is 11.3 Å². The molecule has 0 aliphatic heterocycles. The highest BCUT2D eigenvalue weighted by molar-refractivity contribution is 7.11. The van der Waals surface area contributed by atoms with Crippen molar-refractivity contribution in [3.05, 3.63) is 51.2 Å². The highest BCUT2D eigenvalue weighted by Gasteiger charge is 2.09. The molecule has 0 bridgehead atoms. The first-order valence-corrected chi connectivity index (χ1v) is 7.86. The van der Waals surface area contributed by atoms with E-state index in [1.165, 1.54) is 12.1 Å². The van der Waals surface area contributed by atoms with E-state index >= 15 is 0 Å². The summed E-state index contributed by atoms with van der Waals surface area (Å²) in [6.45, 7) is 4.42. The molecule has 1 amide bonds. The van der Waals surface area contributed by atoms with Crippen LogP contribution in [0.3, 0.4) is 0 Å². The lowest BCUT2D eigenvalue weighted by Crippen LogP contribution is -2.21. The van der Waals surface area contributed by atoms with Gasteiger partial charge in [-0.25, -0.2) is 9.37 Å². The third-order valence-corrected chi connectivity index (χ3v) is 4.29. The van der Waals surface area contributed by atoms with E-state index in [9.17, 15) is 9.18 Å². The number of carbonyl (C=O) groups excluding carboxylic acids is 1. The Balaban J connectivity index is 1.98. The van der Waals surface area contributed by atoms with Crippen LogP contribution in [0.4, 0.5) is 4.39 Å². The summed E-state index contributed by atoms with van der Waals surface area (Å²) >= 11 is 1.60. The molecule has 0 unspecified atom stereocenters. The first kappa shape index (κ1) is 15.6. The number of benzene rings is 1. The molecule has 0 spiro atoms. The van der Waals surface area contributed by atoms with Gasteiger partial charge >= 0.3 is 0 Å². The van der Waals surface area contributed by atoms with Gasteiger partial charge in [0.1, 0.15) is 10.8 Å². The number of hydrogen-bond acceptors (Lipinski definition) is 3. The first-order chi connectivity index (χ1) is 10.1. The van der Waals surface area contributed by atoms with E-state index in [2.05, 4.69) is 10.3 Å². The van der Waals surface area contributed by atoms with Gasteiger partial charge in [-0.15, -0.1) is 11.3 Å². The van der Waals surface area contributed by atoms with Gasteiger partial charge in [-0.05, 0) is 31.0 Å². The van der Waals surface area contributed by atoms with Gasteiger partial charge in [0.05, 0.1) is 12.2 Å². The monoisotopic (exact) mass is 306 g/mol. The number of nitrogens with zero attached hydrogens (tertiary/aromatic N) is 1. The fourth-order valence-electron chi connectivity index (χ4n) is 2.01. The lowest BCUT2D eigenvalue weighted by atomic mass is 10.1. The van der Waals surface area contributed by atoms with Crippen LogP contribution in [0.25, 0.3) is 0 Å². The number of hydrogen-bond donors (Lipinski definition) is 1. The number of halogens is 1. The largest absolute Gasteiger partial charge is 0.350 e. The zero-order valence-corrected chi connectivity index (χ0v) is 13.1. The number of aromatic nitrogens is 1. The molecule has 112 valence electrons. The highest BCUT2D eigenvalue weighted by Crippen LogP contribution is 2.21. The Morgan fingerprint density at radius 1 is 1.33 bits per heavy atom. The Morgan fingerprint density at radius 3 is 2.71 bits per heavy atom. The second-order valence-electron chi connectivity index (χ2n) is 4.95. The Hall–Kier alpha value is -1.75. The zero-order chi connectivity index (χ0) is 15.2. The van der Waals surface area contributed by atoms with Crippen molar-refractivity contribution in [2.24, 2.45) is 0 Å². The van der Waals surface area contributed by atoms with Crippen molar-refractivity contribution in [3.8, 4) is 0 Å². The molecule has 0 aliphatic rings. The molecule has 2 aromatic rings. The SMILES string of the molecule is CCCC(=O)NCc1nc(C)c(Cc2ccc(F)cc2)s1. The summed E-state index contributed by atoms with van der Waals surface area (Å²) in [5.41, 5.74) is 2.04. The van der Waals surface area contributed by atoms with Crippen LogP contribution in [0.5, 0.6) is 0 Å². The van der Waals surface area contributed by atoms with E-state index < -0.39 is 0 Å². The van der Waals surface area contributed by atoms with E-state index in [-0.39, 0.29) is 11.7 Å². The molecule has 0 saturated carbocycles. The second-order valence-corrected chi connectivity index (χ2v) is 6.11. The van der Waals surface area contributed by atoms with Gasteiger partial charge in [0, 0.05) is 17.7 Å². The number of thiazole rings is 1. The van der Waals surface area contributed by atoms with Crippen molar-refractivity contribution in [2.45, 2.75) is 39.7 Å². The minimum atomic E-state index is -0.223. The molecule has 1 aromatic carbocycles. The van der Waals surface area contributed by atoms with Crippen molar-refractivity contribution in [1.29, 1.82) is 0 Å². The third kappa shape index (κ3) is 4.63. The number of rotatable bonds is 6. The third-order valence-electron chi connectivity index (χ3n) is 3.13. The molecule has 21 heavy (non-hydrogen) atoms. The van der Waals surface area contributed by atoms with Crippen LogP contribution in [-0.4, -0.2) is 10.9 Å². The molecular formula is C16H19FN2OS. The molecule has 1 heterocycles. The van der Waals surface area contributed by atoms with Crippen LogP contribution in [0, 0.1) is 12.7 Å². The van der Waals surface area contributed by atoms with Crippen molar-refractivity contribution < 1.29 is 9.18 Å². The van der Waals surface area contributed by atoms with Gasteiger partial charge in [0.25, 0.3) is 0 Å². The second kappa shape index (κ2) is 7.31. The molecule has 0 aliphatic carbocycles. The molecule has 1 aromatic heterocycles. The molecule has 5 heteroatoms. The fourth-order valence-corrected chi connectivity index (χ4v) is 3.05. The minimum Gasteiger partial charge on any atom is -0.350 e. The van der Waals surface area contributed by atoms with E-state index in [4.69, 9.17) is 0 Å². The summed E-state index contributed by atoms with van der Waals surface area (Å²) in [5.74, 6) is -0.162. The van der Waals surface area contributed by atoms with Gasteiger partial charge in [-0.1, -0.05) is 19.1 Å². The zero-order valence-electron chi connectivity index (χ0n) is 12.3. The Morgan fingerprint density at radius 2 is 2.05 bits per heavy atom. The Bertz CT molecular complexity index is 607. The standard InChI is InChI=1S/C16H19FN2OS/c1-3-4-15(20)18-10-16-19-11(2)14(21-16)9-12-5-7-13(17)8-6-12/h5-8H,3-4,9-10H2,1-2H3,(H,18,20).